The number of hydrogen-bond acceptors (Lipinski definition) is 4. The number of benzene rings is 2. The summed E-state index contributed by atoms with van der Waals surface area (Å²) in [5.74, 6) is -0.142. The number of rotatable bonds is 4. The summed E-state index contributed by atoms with van der Waals surface area (Å²) in [5, 5.41) is 13.6. The highest BCUT2D eigenvalue weighted by Gasteiger charge is 2.10. The molecule has 3 rings (SSSR count). The number of nitro benzene ring substituents is 1. The van der Waals surface area contributed by atoms with Crippen LogP contribution in [-0.2, 0) is 0 Å². The Bertz CT molecular complexity index is 857. The lowest BCUT2D eigenvalue weighted by atomic mass is 10.0. The molecule has 0 radical (unpaired) electrons. The van der Waals surface area contributed by atoms with Crippen LogP contribution in [-0.4, -0.2) is 10.8 Å². The number of nitrogens with one attached hydrogen (secondary N) is 1. The van der Waals surface area contributed by atoms with Crippen molar-refractivity contribution >= 4 is 17.3 Å². The first-order chi connectivity index (χ1) is 11.1. The third kappa shape index (κ3) is 3.26. The van der Waals surface area contributed by atoms with E-state index in [1.165, 1.54) is 18.4 Å². The van der Waals surface area contributed by atoms with Gasteiger partial charge in [0.05, 0.1) is 11.2 Å². The highest BCUT2D eigenvalue weighted by atomic mass is 16.6. The van der Waals surface area contributed by atoms with Gasteiger partial charge in [0.2, 0.25) is 0 Å². The summed E-state index contributed by atoms with van der Waals surface area (Å²) in [6.45, 7) is 0. The van der Waals surface area contributed by atoms with Crippen LogP contribution in [0.1, 0.15) is 10.6 Å². The molecule has 0 aliphatic heterocycles. The molecule has 23 heavy (non-hydrogen) atoms. The zero-order valence-corrected chi connectivity index (χ0v) is 11.9. The molecule has 0 unspecified atom stereocenters. The fourth-order valence-electron chi connectivity index (χ4n) is 2.18. The first-order valence-corrected chi connectivity index (χ1v) is 6.83. The van der Waals surface area contributed by atoms with Crippen LogP contribution in [0.25, 0.3) is 11.1 Å². The molecule has 2 aromatic carbocycles. The van der Waals surface area contributed by atoms with Crippen molar-refractivity contribution in [3.8, 4) is 11.1 Å². The van der Waals surface area contributed by atoms with E-state index in [-0.39, 0.29) is 17.4 Å². The summed E-state index contributed by atoms with van der Waals surface area (Å²) < 4.78 is 5.04. The summed E-state index contributed by atoms with van der Waals surface area (Å²) >= 11 is 0. The number of nitro groups is 1. The average Bonchev–Trinajstić information content (AvgIpc) is 3.10. The third-order valence-electron chi connectivity index (χ3n) is 3.26. The van der Waals surface area contributed by atoms with Crippen molar-refractivity contribution in [3.05, 3.63) is 82.8 Å². The Morgan fingerprint density at radius 2 is 1.74 bits per heavy atom. The van der Waals surface area contributed by atoms with Gasteiger partial charge >= 0.3 is 0 Å². The number of nitrogens with zero attached hydrogens (tertiary/aromatic N) is 1. The molecule has 1 amide bonds. The number of anilines is 1. The molecular formula is C17H12N2O4. The molecule has 0 aliphatic rings. The van der Waals surface area contributed by atoms with Gasteiger partial charge in [-0.2, -0.15) is 0 Å². The van der Waals surface area contributed by atoms with Crippen molar-refractivity contribution in [3.63, 3.8) is 0 Å². The van der Waals surface area contributed by atoms with E-state index in [4.69, 9.17) is 4.42 Å². The quantitative estimate of drug-likeness (QED) is 0.580. The van der Waals surface area contributed by atoms with Gasteiger partial charge in [-0.15, -0.1) is 0 Å². The van der Waals surface area contributed by atoms with E-state index < -0.39 is 4.92 Å². The minimum Gasteiger partial charge on any atom is -0.459 e. The molecular weight excluding hydrogens is 296 g/mol. The number of carbonyl (C=O) groups is 1. The molecule has 114 valence electrons. The van der Waals surface area contributed by atoms with Crippen molar-refractivity contribution in [2.24, 2.45) is 0 Å². The SMILES string of the molecule is O=C(Nc1cccc(-c2cccc([N+](=O)[O-])c2)c1)c1ccco1. The zero-order chi connectivity index (χ0) is 16.2. The average molecular weight is 308 g/mol. The Morgan fingerprint density at radius 3 is 2.43 bits per heavy atom. The van der Waals surface area contributed by atoms with Gasteiger partial charge in [-0.25, -0.2) is 0 Å². The predicted octanol–water partition coefficient (Wildman–Crippen LogP) is 4.11. The molecule has 0 saturated heterocycles. The number of amides is 1. The van der Waals surface area contributed by atoms with Gasteiger partial charge in [0.1, 0.15) is 0 Å². The molecule has 6 nitrogen and oxygen atoms in total. The Morgan fingerprint density at radius 1 is 1.00 bits per heavy atom. The summed E-state index contributed by atoms with van der Waals surface area (Å²) in [6.07, 6.45) is 1.43. The first-order valence-electron chi connectivity index (χ1n) is 6.83. The van der Waals surface area contributed by atoms with Gasteiger partial charge in [-0.1, -0.05) is 24.3 Å². The van der Waals surface area contributed by atoms with Gasteiger partial charge < -0.3 is 9.73 Å². The number of hydrogen-bond donors (Lipinski definition) is 1. The van der Waals surface area contributed by atoms with Crippen LogP contribution in [0.3, 0.4) is 0 Å². The van der Waals surface area contributed by atoms with Gasteiger partial charge in [-0.05, 0) is 35.4 Å². The van der Waals surface area contributed by atoms with Gasteiger partial charge in [0.15, 0.2) is 5.76 Å². The van der Waals surface area contributed by atoms with E-state index in [2.05, 4.69) is 5.32 Å². The Balaban J connectivity index is 1.86. The molecule has 3 aromatic rings. The van der Waals surface area contributed by atoms with E-state index >= 15 is 0 Å². The van der Waals surface area contributed by atoms with E-state index in [0.717, 1.165) is 5.56 Å². The molecule has 0 bridgehead atoms. The summed E-state index contributed by atoms with van der Waals surface area (Å²) in [6, 6.07) is 16.6. The smallest absolute Gasteiger partial charge is 0.291 e. The standard InChI is InChI=1S/C17H12N2O4/c20-17(16-8-3-9-23-16)18-14-6-1-4-12(10-14)13-5-2-7-15(11-13)19(21)22/h1-11H,(H,18,20). The van der Waals surface area contributed by atoms with Crippen LogP contribution >= 0.6 is 0 Å². The van der Waals surface area contributed by atoms with Crippen LogP contribution in [0, 0.1) is 10.1 Å². The Labute approximate surface area is 131 Å². The van der Waals surface area contributed by atoms with Crippen LogP contribution < -0.4 is 5.32 Å². The molecule has 0 aliphatic carbocycles. The van der Waals surface area contributed by atoms with Crippen molar-refractivity contribution in [1.29, 1.82) is 0 Å². The Kier molecular flexibility index (Phi) is 3.88. The molecule has 6 heteroatoms. The van der Waals surface area contributed by atoms with Gasteiger partial charge in [0, 0.05) is 17.8 Å². The van der Waals surface area contributed by atoms with Crippen LogP contribution in [0.4, 0.5) is 11.4 Å². The highest BCUT2D eigenvalue weighted by Crippen LogP contribution is 2.26. The molecule has 1 heterocycles. The van der Waals surface area contributed by atoms with E-state index in [9.17, 15) is 14.9 Å². The molecule has 0 saturated carbocycles. The maximum absolute atomic E-state index is 12.0. The maximum Gasteiger partial charge on any atom is 0.291 e. The lowest BCUT2D eigenvalue weighted by Crippen LogP contribution is -2.10. The second-order valence-corrected chi connectivity index (χ2v) is 4.82. The fraction of sp³-hybridized carbons (Fsp3) is 0. The largest absolute Gasteiger partial charge is 0.459 e. The van der Waals surface area contributed by atoms with Crippen molar-refractivity contribution < 1.29 is 14.1 Å². The summed E-state index contributed by atoms with van der Waals surface area (Å²) in [5.41, 5.74) is 2.07. The van der Waals surface area contributed by atoms with Crippen molar-refractivity contribution in [2.45, 2.75) is 0 Å². The molecule has 0 spiro atoms. The van der Waals surface area contributed by atoms with Crippen molar-refractivity contribution in [1.82, 2.24) is 0 Å². The topological polar surface area (TPSA) is 85.4 Å². The Hall–Kier alpha value is -3.41. The molecule has 1 aromatic heterocycles. The van der Waals surface area contributed by atoms with E-state index in [1.54, 1.807) is 42.5 Å². The molecule has 0 fully saturated rings. The molecule has 0 atom stereocenters. The first kappa shape index (κ1) is 14.5. The predicted molar refractivity (Wildman–Crippen MR) is 85.2 cm³/mol. The number of furan rings is 1. The summed E-state index contributed by atoms with van der Waals surface area (Å²) in [7, 11) is 0. The number of non-ortho nitro benzene ring substituents is 1. The monoisotopic (exact) mass is 308 g/mol. The number of carbonyl (C=O) groups excluding carboxylic acids is 1. The van der Waals surface area contributed by atoms with Crippen LogP contribution in [0.2, 0.25) is 0 Å². The zero-order valence-electron chi connectivity index (χ0n) is 11.9. The lowest BCUT2D eigenvalue weighted by molar-refractivity contribution is -0.384. The van der Waals surface area contributed by atoms with Gasteiger partial charge in [-0.3, -0.25) is 14.9 Å². The maximum atomic E-state index is 12.0. The summed E-state index contributed by atoms with van der Waals surface area (Å²) in [4.78, 5) is 22.4. The second kappa shape index (κ2) is 6.15. The third-order valence-corrected chi connectivity index (χ3v) is 3.26. The van der Waals surface area contributed by atoms with E-state index in [0.29, 0.717) is 11.3 Å². The highest BCUT2D eigenvalue weighted by molar-refractivity contribution is 6.02. The lowest BCUT2D eigenvalue weighted by Gasteiger charge is -2.06. The van der Waals surface area contributed by atoms with Crippen LogP contribution in [0.15, 0.2) is 71.3 Å². The minimum atomic E-state index is -0.438. The minimum absolute atomic E-state index is 0.0209. The van der Waals surface area contributed by atoms with Crippen LogP contribution in [0.5, 0.6) is 0 Å². The normalized spacial score (nSPS) is 10.3. The van der Waals surface area contributed by atoms with Crippen molar-refractivity contribution in [2.75, 3.05) is 5.32 Å². The fourth-order valence-corrected chi connectivity index (χ4v) is 2.18. The van der Waals surface area contributed by atoms with Gasteiger partial charge in [0.25, 0.3) is 11.6 Å². The molecule has 1 N–H and O–H groups in total. The second-order valence-electron chi connectivity index (χ2n) is 4.82. The van der Waals surface area contributed by atoms with E-state index in [1.807, 2.05) is 6.07 Å².